The Morgan fingerprint density at radius 1 is 0.886 bits per heavy atom. The molecule has 35 heavy (non-hydrogen) atoms. The minimum absolute atomic E-state index is 0.162. The number of benzene rings is 3. The normalized spacial score (nSPS) is 14.2. The van der Waals surface area contributed by atoms with Crippen LogP contribution in [0.15, 0.2) is 66.7 Å². The fourth-order valence-electron chi connectivity index (χ4n) is 4.18. The van der Waals surface area contributed by atoms with Crippen LogP contribution in [0.1, 0.15) is 48.1 Å². The third-order valence-electron chi connectivity index (χ3n) is 6.02. The van der Waals surface area contributed by atoms with Crippen molar-refractivity contribution in [3.63, 3.8) is 0 Å². The van der Waals surface area contributed by atoms with Gasteiger partial charge < -0.3 is 20.9 Å². The number of urea groups is 1. The fraction of sp³-hybridized carbons (Fsp3) is 0.259. The number of nitrogens with zero attached hydrogens (tertiary/aromatic N) is 1. The van der Waals surface area contributed by atoms with Crippen molar-refractivity contribution in [3.05, 3.63) is 87.9 Å². The van der Waals surface area contributed by atoms with Crippen LogP contribution < -0.4 is 20.9 Å². The van der Waals surface area contributed by atoms with E-state index < -0.39 is 6.03 Å². The average Bonchev–Trinajstić information content (AvgIpc) is 2.86. The van der Waals surface area contributed by atoms with Gasteiger partial charge in [-0.15, -0.1) is 0 Å². The van der Waals surface area contributed by atoms with Gasteiger partial charge in [0.25, 0.3) is 5.91 Å². The molecule has 3 aromatic carbocycles. The summed E-state index contributed by atoms with van der Waals surface area (Å²) in [5.74, 6) is -0.188. The first-order valence-corrected chi connectivity index (χ1v) is 12.4. The number of piperidine rings is 1. The van der Waals surface area contributed by atoms with Crippen molar-refractivity contribution in [1.82, 2.24) is 5.32 Å². The molecule has 3 N–H and O–H groups in total. The van der Waals surface area contributed by atoms with Crippen LogP contribution in [-0.4, -0.2) is 25.0 Å². The minimum atomic E-state index is -0.469. The highest BCUT2D eigenvalue weighted by Gasteiger charge is 2.21. The topological polar surface area (TPSA) is 73.5 Å². The van der Waals surface area contributed by atoms with Gasteiger partial charge in [-0.3, -0.25) is 4.79 Å². The van der Waals surface area contributed by atoms with E-state index in [0.717, 1.165) is 37.2 Å². The van der Waals surface area contributed by atoms with E-state index >= 15 is 0 Å². The Morgan fingerprint density at radius 2 is 1.63 bits per heavy atom. The van der Waals surface area contributed by atoms with Gasteiger partial charge in [-0.1, -0.05) is 53.5 Å². The third kappa shape index (κ3) is 6.47. The first-order chi connectivity index (χ1) is 16.9. The maximum Gasteiger partial charge on any atom is 0.323 e. The molecule has 0 spiro atoms. The highest BCUT2D eigenvalue weighted by molar-refractivity contribution is 6.36. The lowest BCUT2D eigenvalue weighted by atomic mass is 10.0. The Hall–Kier alpha value is -3.22. The second-order valence-electron chi connectivity index (χ2n) is 8.59. The van der Waals surface area contributed by atoms with Gasteiger partial charge in [-0.05, 0) is 68.1 Å². The van der Waals surface area contributed by atoms with E-state index in [-0.39, 0.29) is 11.9 Å². The predicted molar refractivity (Wildman–Crippen MR) is 144 cm³/mol. The SMILES string of the molecule is CC(NC(=O)c1cc(NC(=O)Nc2ccc(Cl)cc2Cl)ccc1N1CCCCC1)c1ccccc1. The van der Waals surface area contributed by atoms with Crippen molar-refractivity contribution >= 4 is 52.2 Å². The molecule has 0 radical (unpaired) electrons. The third-order valence-corrected chi connectivity index (χ3v) is 6.57. The zero-order chi connectivity index (χ0) is 24.8. The summed E-state index contributed by atoms with van der Waals surface area (Å²) in [5.41, 5.74) is 3.36. The molecule has 1 unspecified atom stereocenters. The summed E-state index contributed by atoms with van der Waals surface area (Å²) in [5, 5.41) is 9.44. The zero-order valence-electron chi connectivity index (χ0n) is 19.5. The van der Waals surface area contributed by atoms with Gasteiger partial charge in [0.1, 0.15) is 0 Å². The Labute approximate surface area is 215 Å². The number of nitrogens with one attached hydrogen (secondary N) is 3. The Bertz CT molecular complexity index is 1200. The molecule has 6 nitrogen and oxygen atoms in total. The summed E-state index contributed by atoms with van der Waals surface area (Å²) in [4.78, 5) is 28.3. The molecular weight excluding hydrogens is 483 g/mol. The van der Waals surface area contributed by atoms with E-state index in [1.165, 1.54) is 6.42 Å². The fourth-order valence-corrected chi connectivity index (χ4v) is 4.64. The highest BCUT2D eigenvalue weighted by Crippen LogP contribution is 2.29. The molecule has 3 amide bonds. The van der Waals surface area contributed by atoms with E-state index in [2.05, 4.69) is 20.9 Å². The second-order valence-corrected chi connectivity index (χ2v) is 9.43. The molecule has 8 heteroatoms. The molecule has 1 fully saturated rings. The molecule has 1 aliphatic rings. The lowest BCUT2D eigenvalue weighted by Gasteiger charge is -2.31. The molecule has 3 aromatic rings. The molecule has 1 aliphatic heterocycles. The van der Waals surface area contributed by atoms with E-state index in [1.54, 1.807) is 24.3 Å². The molecule has 0 aromatic heterocycles. The van der Waals surface area contributed by atoms with Crippen LogP contribution in [0.4, 0.5) is 21.9 Å². The van der Waals surface area contributed by atoms with Crippen molar-refractivity contribution in [2.75, 3.05) is 28.6 Å². The second kappa shape index (κ2) is 11.5. The maximum absolute atomic E-state index is 13.4. The van der Waals surface area contributed by atoms with Crippen LogP contribution in [0.3, 0.4) is 0 Å². The van der Waals surface area contributed by atoms with Crippen molar-refractivity contribution in [1.29, 1.82) is 0 Å². The number of carbonyl (C=O) groups excluding carboxylic acids is 2. The number of hydrogen-bond acceptors (Lipinski definition) is 3. The van der Waals surface area contributed by atoms with E-state index in [1.807, 2.05) is 49.4 Å². The number of halogens is 2. The number of carbonyl (C=O) groups is 2. The van der Waals surface area contributed by atoms with E-state index in [9.17, 15) is 9.59 Å². The first kappa shape index (κ1) is 24.9. The zero-order valence-corrected chi connectivity index (χ0v) is 21.0. The molecule has 1 atom stereocenters. The van der Waals surface area contributed by atoms with Crippen LogP contribution in [-0.2, 0) is 0 Å². The minimum Gasteiger partial charge on any atom is -0.371 e. The monoisotopic (exact) mass is 510 g/mol. The van der Waals surface area contributed by atoms with Gasteiger partial charge in [-0.2, -0.15) is 0 Å². The molecule has 1 heterocycles. The number of hydrogen-bond donors (Lipinski definition) is 3. The molecule has 0 bridgehead atoms. The molecule has 1 saturated heterocycles. The van der Waals surface area contributed by atoms with Gasteiger partial charge in [0, 0.05) is 29.5 Å². The molecular formula is C27H28Cl2N4O2. The summed E-state index contributed by atoms with van der Waals surface area (Å²) >= 11 is 12.1. The van der Waals surface area contributed by atoms with Gasteiger partial charge in [0.05, 0.1) is 22.3 Å². The maximum atomic E-state index is 13.4. The summed E-state index contributed by atoms with van der Waals surface area (Å²) in [6, 6.07) is 19.5. The molecule has 0 saturated carbocycles. The molecule has 4 rings (SSSR count). The van der Waals surface area contributed by atoms with Crippen LogP contribution >= 0.6 is 23.2 Å². The van der Waals surface area contributed by atoms with E-state index in [4.69, 9.17) is 23.2 Å². The lowest BCUT2D eigenvalue weighted by Crippen LogP contribution is -2.33. The summed E-state index contributed by atoms with van der Waals surface area (Å²) < 4.78 is 0. The van der Waals surface area contributed by atoms with Crippen LogP contribution in [0, 0.1) is 0 Å². The standard InChI is InChI=1S/C27H28Cl2N4O2/c1-18(19-8-4-2-5-9-19)30-26(34)22-17-21(11-13-25(22)33-14-6-3-7-15-33)31-27(35)32-24-12-10-20(28)16-23(24)29/h2,4-5,8-13,16-18H,3,6-7,14-15H2,1H3,(H,30,34)(H2,31,32,35). The molecule has 0 aliphatic carbocycles. The summed E-state index contributed by atoms with van der Waals surface area (Å²) in [7, 11) is 0. The molecule has 182 valence electrons. The highest BCUT2D eigenvalue weighted by atomic mass is 35.5. The van der Waals surface area contributed by atoms with Gasteiger partial charge in [0.15, 0.2) is 0 Å². The van der Waals surface area contributed by atoms with Gasteiger partial charge >= 0.3 is 6.03 Å². The number of rotatable bonds is 6. The number of anilines is 3. The Kier molecular flexibility index (Phi) is 8.16. The average molecular weight is 511 g/mol. The largest absolute Gasteiger partial charge is 0.371 e. The van der Waals surface area contributed by atoms with Crippen molar-refractivity contribution < 1.29 is 9.59 Å². The van der Waals surface area contributed by atoms with Crippen molar-refractivity contribution in [2.24, 2.45) is 0 Å². The van der Waals surface area contributed by atoms with Crippen LogP contribution in [0.2, 0.25) is 10.0 Å². The quantitative estimate of drug-likeness (QED) is 0.330. The smallest absolute Gasteiger partial charge is 0.323 e. The van der Waals surface area contributed by atoms with Crippen molar-refractivity contribution in [3.8, 4) is 0 Å². The lowest BCUT2D eigenvalue weighted by molar-refractivity contribution is 0.0940. The van der Waals surface area contributed by atoms with Crippen molar-refractivity contribution in [2.45, 2.75) is 32.2 Å². The van der Waals surface area contributed by atoms with Crippen LogP contribution in [0.5, 0.6) is 0 Å². The Morgan fingerprint density at radius 3 is 2.34 bits per heavy atom. The van der Waals surface area contributed by atoms with Gasteiger partial charge in [-0.25, -0.2) is 4.79 Å². The van der Waals surface area contributed by atoms with Gasteiger partial charge in [0.2, 0.25) is 0 Å². The summed E-state index contributed by atoms with van der Waals surface area (Å²) in [6.07, 6.45) is 3.37. The number of amides is 3. The van der Waals surface area contributed by atoms with E-state index in [0.29, 0.717) is 27.0 Å². The Balaban J connectivity index is 1.55. The van der Waals surface area contributed by atoms with Crippen LogP contribution in [0.25, 0.3) is 0 Å². The first-order valence-electron chi connectivity index (χ1n) is 11.7. The summed E-state index contributed by atoms with van der Waals surface area (Å²) in [6.45, 7) is 3.76. The predicted octanol–water partition coefficient (Wildman–Crippen LogP) is 7.12.